The summed E-state index contributed by atoms with van der Waals surface area (Å²) in [5.74, 6) is 2.54. The molecule has 9 heteroatoms. The molecular formula is C15H22N6O3. The zero-order valence-corrected chi connectivity index (χ0v) is 14.2. The molecule has 0 spiro atoms. The number of nitrogens with zero attached hydrogens (tertiary/aromatic N) is 6. The molecule has 3 rings (SSSR count). The minimum Gasteiger partial charge on any atom is -0.362 e. The molecule has 2 aromatic rings. The molecule has 0 aliphatic carbocycles. The van der Waals surface area contributed by atoms with E-state index in [9.17, 15) is 4.79 Å². The molecule has 0 bridgehead atoms. The molecule has 0 aromatic carbocycles. The molecule has 0 radical (unpaired) electrons. The fourth-order valence-corrected chi connectivity index (χ4v) is 2.98. The molecule has 1 aliphatic rings. The maximum Gasteiger partial charge on any atom is 0.252 e. The van der Waals surface area contributed by atoms with Gasteiger partial charge < -0.3 is 14.2 Å². The number of likely N-dealkylation sites (tertiary alicyclic amines) is 1. The lowest BCUT2D eigenvalue weighted by molar-refractivity contribution is -0.138. The van der Waals surface area contributed by atoms with Crippen LogP contribution in [0, 0.1) is 20.8 Å². The first-order valence-corrected chi connectivity index (χ1v) is 8.07. The van der Waals surface area contributed by atoms with Crippen molar-refractivity contribution in [2.24, 2.45) is 0 Å². The smallest absolute Gasteiger partial charge is 0.252 e. The SMILES string of the molecule is Cc1noc(COCC(=O)N2CCCC(n3nc(C)nc3C)C2)n1. The molecule has 3 heterocycles. The van der Waals surface area contributed by atoms with Gasteiger partial charge in [0.2, 0.25) is 5.91 Å². The van der Waals surface area contributed by atoms with E-state index in [1.54, 1.807) is 6.92 Å². The predicted octanol–water partition coefficient (Wildman–Crippen LogP) is 0.967. The largest absolute Gasteiger partial charge is 0.362 e. The van der Waals surface area contributed by atoms with Crippen LogP contribution in [-0.4, -0.2) is 55.4 Å². The number of hydrogen-bond donors (Lipinski definition) is 0. The maximum atomic E-state index is 12.3. The monoisotopic (exact) mass is 334 g/mol. The van der Waals surface area contributed by atoms with Crippen molar-refractivity contribution in [2.75, 3.05) is 19.7 Å². The topological polar surface area (TPSA) is 99.2 Å². The maximum absolute atomic E-state index is 12.3. The molecule has 2 aromatic heterocycles. The van der Waals surface area contributed by atoms with Gasteiger partial charge in [-0.05, 0) is 33.6 Å². The van der Waals surface area contributed by atoms with Crippen LogP contribution in [0.25, 0.3) is 0 Å². The van der Waals surface area contributed by atoms with Crippen molar-refractivity contribution in [3.05, 3.63) is 23.4 Å². The second-order valence-corrected chi connectivity index (χ2v) is 6.01. The van der Waals surface area contributed by atoms with Gasteiger partial charge in [0, 0.05) is 13.1 Å². The van der Waals surface area contributed by atoms with E-state index < -0.39 is 0 Å². The first-order chi connectivity index (χ1) is 11.5. The minimum absolute atomic E-state index is 0.00349. The summed E-state index contributed by atoms with van der Waals surface area (Å²) in [6.45, 7) is 7.07. The molecular weight excluding hydrogens is 312 g/mol. The average molecular weight is 334 g/mol. The highest BCUT2D eigenvalue weighted by Gasteiger charge is 2.26. The molecule has 9 nitrogen and oxygen atoms in total. The van der Waals surface area contributed by atoms with Crippen LogP contribution in [0.15, 0.2) is 4.52 Å². The van der Waals surface area contributed by atoms with Crippen LogP contribution in [0.4, 0.5) is 0 Å². The van der Waals surface area contributed by atoms with Crippen molar-refractivity contribution in [3.8, 4) is 0 Å². The normalized spacial score (nSPS) is 18.1. The van der Waals surface area contributed by atoms with Crippen LogP contribution in [0.1, 0.15) is 42.2 Å². The standard InChI is InChI=1S/C15H22N6O3/c1-10-16-12(3)21(18-10)13-5-4-6-20(7-13)15(22)9-23-8-14-17-11(2)19-24-14/h13H,4-9H2,1-3H3. The quantitative estimate of drug-likeness (QED) is 0.803. The van der Waals surface area contributed by atoms with Gasteiger partial charge in [0.25, 0.3) is 5.89 Å². The number of carbonyl (C=O) groups is 1. The molecule has 1 saturated heterocycles. The van der Waals surface area contributed by atoms with E-state index >= 15 is 0 Å². The third kappa shape index (κ3) is 3.78. The number of hydrogen-bond acceptors (Lipinski definition) is 7. The van der Waals surface area contributed by atoms with Gasteiger partial charge in [0.05, 0.1) is 6.04 Å². The van der Waals surface area contributed by atoms with Gasteiger partial charge >= 0.3 is 0 Å². The summed E-state index contributed by atoms with van der Waals surface area (Å²) in [6, 6.07) is 0.169. The van der Waals surface area contributed by atoms with Crippen LogP contribution in [0.5, 0.6) is 0 Å². The van der Waals surface area contributed by atoms with Crippen molar-refractivity contribution in [1.29, 1.82) is 0 Å². The van der Waals surface area contributed by atoms with Crippen molar-refractivity contribution in [3.63, 3.8) is 0 Å². The lowest BCUT2D eigenvalue weighted by atomic mass is 10.1. The van der Waals surface area contributed by atoms with Crippen LogP contribution < -0.4 is 0 Å². The van der Waals surface area contributed by atoms with Crippen molar-refractivity contribution in [2.45, 2.75) is 46.3 Å². The third-order valence-corrected chi connectivity index (χ3v) is 4.02. The van der Waals surface area contributed by atoms with Crippen LogP contribution in [-0.2, 0) is 16.1 Å². The highest BCUT2D eigenvalue weighted by Crippen LogP contribution is 2.22. The van der Waals surface area contributed by atoms with Gasteiger partial charge in [-0.2, -0.15) is 10.1 Å². The molecule has 0 saturated carbocycles. The molecule has 1 amide bonds. The summed E-state index contributed by atoms with van der Waals surface area (Å²) < 4.78 is 12.3. The summed E-state index contributed by atoms with van der Waals surface area (Å²) in [5.41, 5.74) is 0. The van der Waals surface area contributed by atoms with E-state index in [1.165, 1.54) is 0 Å². The lowest BCUT2D eigenvalue weighted by Crippen LogP contribution is -2.42. The summed E-state index contributed by atoms with van der Waals surface area (Å²) >= 11 is 0. The Kier molecular flexibility index (Phi) is 4.89. The van der Waals surface area contributed by atoms with Gasteiger partial charge in [0.15, 0.2) is 5.82 Å². The molecule has 1 aliphatic heterocycles. The molecule has 1 fully saturated rings. The van der Waals surface area contributed by atoms with Crippen molar-refractivity contribution in [1.82, 2.24) is 29.8 Å². The number of aromatic nitrogens is 5. The molecule has 1 unspecified atom stereocenters. The number of rotatable bonds is 5. The second kappa shape index (κ2) is 7.08. The Morgan fingerprint density at radius 1 is 1.29 bits per heavy atom. The van der Waals surface area contributed by atoms with E-state index in [0.717, 1.165) is 31.0 Å². The number of ether oxygens (including phenoxy) is 1. The summed E-state index contributed by atoms with van der Waals surface area (Å²) in [4.78, 5) is 22.6. The van der Waals surface area contributed by atoms with Gasteiger partial charge in [-0.25, -0.2) is 9.67 Å². The number of carbonyl (C=O) groups excluding carboxylic acids is 1. The highest BCUT2D eigenvalue weighted by atomic mass is 16.5. The zero-order chi connectivity index (χ0) is 17.1. The Morgan fingerprint density at radius 3 is 2.79 bits per heavy atom. The van der Waals surface area contributed by atoms with E-state index in [-0.39, 0.29) is 25.2 Å². The number of piperidine rings is 1. The first kappa shape index (κ1) is 16.6. The first-order valence-electron chi connectivity index (χ1n) is 8.07. The Bertz CT molecular complexity index is 710. The third-order valence-electron chi connectivity index (χ3n) is 4.02. The Morgan fingerprint density at radius 2 is 2.12 bits per heavy atom. The summed E-state index contributed by atoms with van der Waals surface area (Å²) in [5, 5.41) is 8.12. The van der Waals surface area contributed by atoms with E-state index in [1.807, 2.05) is 23.4 Å². The van der Waals surface area contributed by atoms with Crippen LogP contribution >= 0.6 is 0 Å². The van der Waals surface area contributed by atoms with Gasteiger partial charge in [-0.1, -0.05) is 5.16 Å². The molecule has 0 N–H and O–H groups in total. The molecule has 130 valence electrons. The van der Waals surface area contributed by atoms with E-state index in [0.29, 0.717) is 18.3 Å². The minimum atomic E-state index is -0.0366. The van der Waals surface area contributed by atoms with Gasteiger partial charge in [-0.3, -0.25) is 4.79 Å². The molecule has 1 atom stereocenters. The average Bonchev–Trinajstić information content (AvgIpc) is 3.12. The zero-order valence-electron chi connectivity index (χ0n) is 14.2. The molecule has 24 heavy (non-hydrogen) atoms. The van der Waals surface area contributed by atoms with Crippen LogP contribution in [0.2, 0.25) is 0 Å². The fourth-order valence-electron chi connectivity index (χ4n) is 2.98. The lowest BCUT2D eigenvalue weighted by Gasteiger charge is -2.33. The number of aryl methyl sites for hydroxylation is 3. The van der Waals surface area contributed by atoms with Crippen molar-refractivity contribution < 1.29 is 14.1 Å². The Labute approximate surface area is 140 Å². The summed E-state index contributed by atoms with van der Waals surface area (Å²) in [6.07, 6.45) is 1.94. The number of amides is 1. The predicted molar refractivity (Wildman–Crippen MR) is 83.0 cm³/mol. The van der Waals surface area contributed by atoms with E-state index in [2.05, 4.69) is 20.2 Å². The van der Waals surface area contributed by atoms with Crippen LogP contribution in [0.3, 0.4) is 0 Å². The summed E-state index contributed by atoms with van der Waals surface area (Å²) in [7, 11) is 0. The second-order valence-electron chi connectivity index (χ2n) is 6.01. The van der Waals surface area contributed by atoms with Crippen molar-refractivity contribution >= 4 is 5.91 Å². The Balaban J connectivity index is 1.52. The highest BCUT2D eigenvalue weighted by molar-refractivity contribution is 5.77. The fraction of sp³-hybridized carbons (Fsp3) is 0.667. The van der Waals surface area contributed by atoms with Gasteiger partial charge in [0.1, 0.15) is 24.9 Å². The van der Waals surface area contributed by atoms with Gasteiger partial charge in [-0.15, -0.1) is 0 Å². The van der Waals surface area contributed by atoms with E-state index in [4.69, 9.17) is 9.26 Å². The Hall–Kier alpha value is -2.29.